The van der Waals surface area contributed by atoms with Gasteiger partial charge in [-0.25, -0.2) is 0 Å². The van der Waals surface area contributed by atoms with E-state index in [9.17, 15) is 0 Å². The number of rotatable bonds is 6. The number of allylic oxidation sites excluding steroid dienone is 1. The van der Waals surface area contributed by atoms with Crippen LogP contribution in [0.5, 0.6) is 5.75 Å². The van der Waals surface area contributed by atoms with Crippen molar-refractivity contribution < 1.29 is 4.74 Å². The van der Waals surface area contributed by atoms with Crippen molar-refractivity contribution in [1.82, 2.24) is 0 Å². The first-order valence-electron chi connectivity index (χ1n) is 5.44. The Kier molecular flexibility index (Phi) is 5.36. The van der Waals surface area contributed by atoms with Gasteiger partial charge in [-0.1, -0.05) is 17.7 Å². The fraction of sp³-hybridized carbons (Fsp3) is 0.385. The van der Waals surface area contributed by atoms with E-state index in [1.54, 1.807) is 0 Å². The van der Waals surface area contributed by atoms with Crippen molar-refractivity contribution in [2.24, 2.45) is 5.73 Å². The van der Waals surface area contributed by atoms with Crippen LogP contribution in [-0.2, 0) is 0 Å². The van der Waals surface area contributed by atoms with Crippen LogP contribution >= 0.6 is 11.6 Å². The summed E-state index contributed by atoms with van der Waals surface area (Å²) in [5, 5.41) is 0.686. The smallest absolute Gasteiger partial charge is 0.124 e. The molecule has 0 amide bonds. The maximum Gasteiger partial charge on any atom is 0.124 e. The summed E-state index contributed by atoms with van der Waals surface area (Å²) in [5.41, 5.74) is 6.81. The molecule has 88 valence electrons. The van der Waals surface area contributed by atoms with Crippen LogP contribution in [0.15, 0.2) is 30.9 Å². The Hall–Kier alpha value is -0.990. The molecular formula is C13H18ClNO. The van der Waals surface area contributed by atoms with Gasteiger partial charge in [0.1, 0.15) is 5.75 Å². The van der Waals surface area contributed by atoms with Crippen LogP contribution in [0.2, 0.25) is 5.02 Å². The van der Waals surface area contributed by atoms with Crippen LogP contribution in [-0.4, -0.2) is 6.61 Å². The molecule has 0 aliphatic rings. The highest BCUT2D eigenvalue weighted by atomic mass is 35.5. The third-order valence-corrected chi connectivity index (χ3v) is 2.51. The molecule has 0 fully saturated rings. The van der Waals surface area contributed by atoms with Crippen molar-refractivity contribution in [3.05, 3.63) is 41.4 Å². The van der Waals surface area contributed by atoms with Gasteiger partial charge in [0.2, 0.25) is 0 Å². The standard InChI is InChI=1S/C13H18ClNO/c1-3-4-5-8-16-13-7-6-11(14)9-12(13)10(2)15/h3,6-7,9-10H,1,4-5,8,15H2,2H3/t10-/m1/s1. The number of unbranched alkanes of at least 4 members (excludes halogenated alkanes) is 1. The summed E-state index contributed by atoms with van der Waals surface area (Å²) in [4.78, 5) is 0. The minimum absolute atomic E-state index is 0.0758. The fourth-order valence-corrected chi connectivity index (χ4v) is 1.60. The van der Waals surface area contributed by atoms with Crippen LogP contribution in [0.3, 0.4) is 0 Å². The van der Waals surface area contributed by atoms with Crippen molar-refractivity contribution in [3.8, 4) is 5.75 Å². The Morgan fingerprint density at radius 2 is 2.31 bits per heavy atom. The van der Waals surface area contributed by atoms with E-state index in [-0.39, 0.29) is 6.04 Å². The summed E-state index contributed by atoms with van der Waals surface area (Å²) in [5.74, 6) is 0.823. The van der Waals surface area contributed by atoms with Crippen LogP contribution in [0.25, 0.3) is 0 Å². The SMILES string of the molecule is C=CCCCOc1ccc(Cl)cc1[C@@H](C)N. The molecule has 0 aliphatic heterocycles. The molecule has 1 aromatic rings. The van der Waals surface area contributed by atoms with Gasteiger partial charge >= 0.3 is 0 Å². The van der Waals surface area contributed by atoms with E-state index in [4.69, 9.17) is 22.1 Å². The van der Waals surface area contributed by atoms with Gasteiger partial charge in [0.05, 0.1) is 6.61 Å². The van der Waals surface area contributed by atoms with E-state index in [1.165, 1.54) is 0 Å². The van der Waals surface area contributed by atoms with Crippen molar-refractivity contribution in [3.63, 3.8) is 0 Å². The van der Waals surface area contributed by atoms with E-state index >= 15 is 0 Å². The quantitative estimate of drug-likeness (QED) is 0.607. The molecule has 1 atom stereocenters. The molecule has 0 saturated carbocycles. The zero-order chi connectivity index (χ0) is 12.0. The predicted molar refractivity (Wildman–Crippen MR) is 69.0 cm³/mol. The topological polar surface area (TPSA) is 35.2 Å². The highest BCUT2D eigenvalue weighted by molar-refractivity contribution is 6.30. The maximum absolute atomic E-state index is 5.92. The van der Waals surface area contributed by atoms with E-state index in [2.05, 4.69) is 6.58 Å². The Bertz CT molecular complexity index is 350. The van der Waals surface area contributed by atoms with Crippen molar-refractivity contribution in [2.45, 2.75) is 25.8 Å². The lowest BCUT2D eigenvalue weighted by molar-refractivity contribution is 0.307. The van der Waals surface area contributed by atoms with Gasteiger partial charge in [0, 0.05) is 16.6 Å². The highest BCUT2D eigenvalue weighted by Gasteiger charge is 2.08. The van der Waals surface area contributed by atoms with Gasteiger partial charge in [-0.3, -0.25) is 0 Å². The van der Waals surface area contributed by atoms with Gasteiger partial charge in [-0.15, -0.1) is 6.58 Å². The summed E-state index contributed by atoms with van der Waals surface area (Å²) in [6, 6.07) is 5.47. The largest absolute Gasteiger partial charge is 0.493 e. The van der Waals surface area contributed by atoms with Crippen LogP contribution in [0, 0.1) is 0 Å². The second-order valence-electron chi connectivity index (χ2n) is 3.75. The van der Waals surface area contributed by atoms with Crippen LogP contribution in [0.1, 0.15) is 31.4 Å². The lowest BCUT2D eigenvalue weighted by atomic mass is 10.1. The lowest BCUT2D eigenvalue weighted by Crippen LogP contribution is -2.08. The third kappa shape index (κ3) is 3.87. The zero-order valence-electron chi connectivity index (χ0n) is 9.58. The number of ether oxygens (including phenoxy) is 1. The first-order valence-corrected chi connectivity index (χ1v) is 5.81. The van der Waals surface area contributed by atoms with Crippen LogP contribution < -0.4 is 10.5 Å². The van der Waals surface area contributed by atoms with Gasteiger partial charge in [-0.2, -0.15) is 0 Å². The molecule has 0 aliphatic carbocycles. The van der Waals surface area contributed by atoms with E-state index in [1.807, 2.05) is 31.2 Å². The number of hydrogen-bond donors (Lipinski definition) is 1. The normalized spacial score (nSPS) is 12.2. The zero-order valence-corrected chi connectivity index (χ0v) is 10.3. The fourth-order valence-electron chi connectivity index (χ4n) is 1.42. The summed E-state index contributed by atoms with van der Waals surface area (Å²) < 4.78 is 5.67. The van der Waals surface area contributed by atoms with E-state index < -0.39 is 0 Å². The maximum atomic E-state index is 5.92. The molecule has 16 heavy (non-hydrogen) atoms. The Morgan fingerprint density at radius 1 is 1.56 bits per heavy atom. The highest BCUT2D eigenvalue weighted by Crippen LogP contribution is 2.27. The van der Waals surface area contributed by atoms with Gasteiger partial charge in [0.25, 0.3) is 0 Å². The van der Waals surface area contributed by atoms with E-state index in [0.29, 0.717) is 11.6 Å². The molecule has 2 N–H and O–H groups in total. The Morgan fingerprint density at radius 3 is 2.94 bits per heavy atom. The number of halogens is 1. The molecule has 0 unspecified atom stereocenters. The first-order chi connectivity index (χ1) is 7.65. The number of benzene rings is 1. The lowest BCUT2D eigenvalue weighted by Gasteiger charge is -2.14. The molecule has 0 spiro atoms. The number of hydrogen-bond acceptors (Lipinski definition) is 2. The molecule has 0 saturated heterocycles. The summed E-state index contributed by atoms with van der Waals surface area (Å²) in [7, 11) is 0. The molecule has 0 aromatic heterocycles. The second-order valence-corrected chi connectivity index (χ2v) is 4.19. The average molecular weight is 240 g/mol. The Balaban J connectivity index is 2.67. The van der Waals surface area contributed by atoms with Gasteiger partial charge in [-0.05, 0) is 38.0 Å². The monoisotopic (exact) mass is 239 g/mol. The van der Waals surface area contributed by atoms with Gasteiger partial charge in [0.15, 0.2) is 0 Å². The Labute approximate surface area is 102 Å². The molecular weight excluding hydrogens is 222 g/mol. The predicted octanol–water partition coefficient (Wildman–Crippen LogP) is 3.70. The van der Waals surface area contributed by atoms with Gasteiger partial charge < -0.3 is 10.5 Å². The van der Waals surface area contributed by atoms with E-state index in [0.717, 1.165) is 24.2 Å². The first kappa shape index (κ1) is 13.1. The molecule has 3 heteroatoms. The molecule has 0 heterocycles. The number of nitrogens with two attached hydrogens (primary N) is 1. The molecule has 0 bridgehead atoms. The summed E-state index contributed by atoms with van der Waals surface area (Å²) in [6.45, 7) is 6.26. The van der Waals surface area contributed by atoms with Crippen LogP contribution in [0.4, 0.5) is 0 Å². The molecule has 2 nitrogen and oxygen atoms in total. The second kappa shape index (κ2) is 6.56. The summed E-state index contributed by atoms with van der Waals surface area (Å²) in [6.07, 6.45) is 3.81. The molecule has 1 aromatic carbocycles. The molecule has 0 radical (unpaired) electrons. The minimum Gasteiger partial charge on any atom is -0.493 e. The summed E-state index contributed by atoms with van der Waals surface area (Å²) >= 11 is 5.92. The van der Waals surface area contributed by atoms with Crippen molar-refractivity contribution >= 4 is 11.6 Å². The minimum atomic E-state index is -0.0758. The average Bonchev–Trinajstić information content (AvgIpc) is 2.26. The van der Waals surface area contributed by atoms with Crippen molar-refractivity contribution in [1.29, 1.82) is 0 Å². The van der Waals surface area contributed by atoms with Crippen molar-refractivity contribution in [2.75, 3.05) is 6.61 Å². The molecule has 1 rings (SSSR count). The third-order valence-electron chi connectivity index (χ3n) is 2.27.